The van der Waals surface area contributed by atoms with E-state index in [-0.39, 0.29) is 5.97 Å². The molecule has 1 aromatic heterocycles. The van der Waals surface area contributed by atoms with Crippen LogP contribution < -0.4 is 5.32 Å². The predicted octanol–water partition coefficient (Wildman–Crippen LogP) is 2.66. The van der Waals surface area contributed by atoms with Gasteiger partial charge in [0.05, 0.1) is 17.9 Å². The minimum absolute atomic E-state index is 0.358. The molecule has 1 saturated carbocycles. The van der Waals surface area contributed by atoms with E-state index in [4.69, 9.17) is 4.74 Å². The van der Waals surface area contributed by atoms with Crippen LogP contribution in [0.15, 0.2) is 6.20 Å². The molecule has 1 aliphatic carbocycles. The number of carbonyl (C=O) groups is 1. The molecule has 110 valence electrons. The third-order valence-corrected chi connectivity index (χ3v) is 4.62. The van der Waals surface area contributed by atoms with Gasteiger partial charge in [-0.05, 0) is 39.4 Å². The Morgan fingerprint density at radius 2 is 2.35 bits per heavy atom. The van der Waals surface area contributed by atoms with E-state index in [1.165, 1.54) is 6.42 Å². The van der Waals surface area contributed by atoms with Gasteiger partial charge in [-0.1, -0.05) is 0 Å². The van der Waals surface area contributed by atoms with Gasteiger partial charge in [-0.2, -0.15) is 11.8 Å². The van der Waals surface area contributed by atoms with Crippen LogP contribution in [0.2, 0.25) is 0 Å². The number of aryl methyl sites for hydroxylation is 1. The van der Waals surface area contributed by atoms with E-state index < -0.39 is 0 Å². The Bertz CT molecular complexity index is 481. The van der Waals surface area contributed by atoms with E-state index in [1.54, 1.807) is 20.0 Å². The van der Waals surface area contributed by atoms with E-state index in [2.05, 4.69) is 21.5 Å². The molecular formula is C14H21N3O2S. The van der Waals surface area contributed by atoms with E-state index in [0.717, 1.165) is 18.1 Å². The average molecular weight is 295 g/mol. The maximum absolute atomic E-state index is 11.7. The normalized spacial score (nSPS) is 21.8. The zero-order valence-electron chi connectivity index (χ0n) is 12.2. The van der Waals surface area contributed by atoms with Crippen LogP contribution in [0.25, 0.3) is 0 Å². The quantitative estimate of drug-likeness (QED) is 0.843. The number of rotatable bonds is 5. The van der Waals surface area contributed by atoms with E-state index in [9.17, 15) is 4.79 Å². The van der Waals surface area contributed by atoms with Crippen molar-refractivity contribution in [2.24, 2.45) is 0 Å². The molecule has 0 bridgehead atoms. The molecule has 0 amide bonds. The van der Waals surface area contributed by atoms with Crippen molar-refractivity contribution in [3.05, 3.63) is 17.5 Å². The summed E-state index contributed by atoms with van der Waals surface area (Å²) in [5.41, 5.74) is 1.09. The lowest BCUT2D eigenvalue weighted by molar-refractivity contribution is 0.0524. The van der Waals surface area contributed by atoms with Crippen LogP contribution in [0, 0.1) is 6.92 Å². The summed E-state index contributed by atoms with van der Waals surface area (Å²) < 4.78 is 4.97. The van der Waals surface area contributed by atoms with Crippen molar-refractivity contribution in [3.63, 3.8) is 0 Å². The van der Waals surface area contributed by atoms with Gasteiger partial charge in [0, 0.05) is 17.5 Å². The molecule has 2 unspecified atom stereocenters. The van der Waals surface area contributed by atoms with Gasteiger partial charge in [0.15, 0.2) is 0 Å². The summed E-state index contributed by atoms with van der Waals surface area (Å²) >= 11 is 1.92. The highest BCUT2D eigenvalue weighted by atomic mass is 32.2. The molecule has 1 fully saturated rings. The maximum Gasteiger partial charge on any atom is 0.341 e. The zero-order chi connectivity index (χ0) is 14.5. The Kier molecular flexibility index (Phi) is 5.23. The highest BCUT2D eigenvalue weighted by molar-refractivity contribution is 7.99. The molecule has 0 spiro atoms. The van der Waals surface area contributed by atoms with Crippen LogP contribution in [0.1, 0.15) is 42.2 Å². The van der Waals surface area contributed by atoms with Gasteiger partial charge in [-0.3, -0.25) is 0 Å². The fraction of sp³-hybridized carbons (Fsp3) is 0.643. The van der Waals surface area contributed by atoms with Gasteiger partial charge in [-0.25, -0.2) is 14.8 Å². The topological polar surface area (TPSA) is 64.1 Å². The molecule has 1 aliphatic rings. The zero-order valence-corrected chi connectivity index (χ0v) is 13.0. The summed E-state index contributed by atoms with van der Waals surface area (Å²) in [4.78, 5) is 20.3. The number of hydrogen-bond acceptors (Lipinski definition) is 6. The number of anilines is 1. The second kappa shape index (κ2) is 6.92. The molecule has 2 rings (SSSR count). The van der Waals surface area contributed by atoms with E-state index >= 15 is 0 Å². The van der Waals surface area contributed by atoms with Gasteiger partial charge >= 0.3 is 5.97 Å². The summed E-state index contributed by atoms with van der Waals surface area (Å²) in [5.74, 6) is 0.238. The number of hydrogen-bond donors (Lipinski definition) is 1. The van der Waals surface area contributed by atoms with Crippen molar-refractivity contribution in [1.82, 2.24) is 9.97 Å². The van der Waals surface area contributed by atoms with Crippen molar-refractivity contribution < 1.29 is 9.53 Å². The van der Waals surface area contributed by atoms with Crippen molar-refractivity contribution in [3.8, 4) is 0 Å². The van der Waals surface area contributed by atoms with Crippen LogP contribution in [0.5, 0.6) is 0 Å². The summed E-state index contributed by atoms with van der Waals surface area (Å²) in [7, 11) is 0. The number of aromatic nitrogens is 2. The molecule has 1 heterocycles. The molecule has 6 heteroatoms. The molecular weight excluding hydrogens is 274 g/mol. The lowest BCUT2D eigenvalue weighted by Crippen LogP contribution is -2.19. The Balaban J connectivity index is 2.00. The molecule has 1 N–H and O–H groups in total. The summed E-state index contributed by atoms with van der Waals surface area (Å²) in [6.45, 7) is 3.95. The van der Waals surface area contributed by atoms with Gasteiger partial charge in [0.2, 0.25) is 5.95 Å². The summed E-state index contributed by atoms with van der Waals surface area (Å²) in [6.07, 6.45) is 7.22. The highest BCUT2D eigenvalue weighted by Crippen LogP contribution is 2.29. The molecule has 20 heavy (non-hydrogen) atoms. The Hall–Kier alpha value is -1.30. The Labute approximate surface area is 123 Å². The van der Waals surface area contributed by atoms with Crippen LogP contribution in [-0.4, -0.2) is 40.1 Å². The monoisotopic (exact) mass is 295 g/mol. The largest absolute Gasteiger partial charge is 0.462 e. The second-order valence-electron chi connectivity index (χ2n) is 4.93. The summed E-state index contributed by atoms with van der Waals surface area (Å²) in [6, 6.07) is 0.431. The summed E-state index contributed by atoms with van der Waals surface area (Å²) in [5, 5.41) is 4.09. The second-order valence-corrected chi connectivity index (χ2v) is 6.06. The Morgan fingerprint density at radius 1 is 1.55 bits per heavy atom. The fourth-order valence-electron chi connectivity index (χ4n) is 2.41. The first kappa shape index (κ1) is 15.1. The molecule has 2 atom stereocenters. The number of carbonyl (C=O) groups excluding carboxylic acids is 1. The molecule has 0 aromatic carbocycles. The number of nitrogens with one attached hydrogen (secondary N) is 1. The molecule has 5 nitrogen and oxygen atoms in total. The number of ether oxygens (including phenoxy) is 1. The predicted molar refractivity (Wildman–Crippen MR) is 81.3 cm³/mol. The van der Waals surface area contributed by atoms with Gasteiger partial charge in [-0.15, -0.1) is 0 Å². The fourth-order valence-corrected chi connectivity index (χ4v) is 3.21. The molecule has 0 aliphatic heterocycles. The van der Waals surface area contributed by atoms with Crippen LogP contribution in [0.3, 0.4) is 0 Å². The standard InChI is InChI=1S/C14H21N3O2S/c1-4-19-13(18)12-8-15-14(16-9(12)2)17-10-5-6-11(7-10)20-3/h8,10-11H,4-7H2,1-3H3,(H,15,16,17). The van der Waals surface area contributed by atoms with Crippen molar-refractivity contribution in [1.29, 1.82) is 0 Å². The SMILES string of the molecule is CCOC(=O)c1cnc(NC2CCC(SC)C2)nc1C. The lowest BCUT2D eigenvalue weighted by atomic mass is 10.2. The third-order valence-electron chi connectivity index (χ3n) is 3.53. The number of thioether (sulfide) groups is 1. The molecule has 0 radical (unpaired) electrons. The first-order valence-electron chi connectivity index (χ1n) is 6.94. The lowest BCUT2D eigenvalue weighted by Gasteiger charge is -2.13. The van der Waals surface area contributed by atoms with Gasteiger partial charge in [0.1, 0.15) is 0 Å². The smallest absolute Gasteiger partial charge is 0.341 e. The maximum atomic E-state index is 11.7. The average Bonchev–Trinajstić information content (AvgIpc) is 2.86. The van der Waals surface area contributed by atoms with Crippen LogP contribution >= 0.6 is 11.8 Å². The number of esters is 1. The molecule has 1 aromatic rings. The minimum atomic E-state index is -0.361. The molecule has 0 saturated heterocycles. The number of nitrogens with zero attached hydrogens (tertiary/aromatic N) is 2. The first-order valence-corrected chi connectivity index (χ1v) is 8.23. The highest BCUT2D eigenvalue weighted by Gasteiger charge is 2.24. The van der Waals surface area contributed by atoms with Crippen molar-refractivity contribution in [2.45, 2.75) is 44.4 Å². The van der Waals surface area contributed by atoms with E-state index in [0.29, 0.717) is 29.9 Å². The van der Waals surface area contributed by atoms with Gasteiger partial charge < -0.3 is 10.1 Å². The van der Waals surface area contributed by atoms with E-state index in [1.807, 2.05) is 11.8 Å². The van der Waals surface area contributed by atoms with Crippen LogP contribution in [0.4, 0.5) is 5.95 Å². The third kappa shape index (κ3) is 3.62. The first-order chi connectivity index (χ1) is 9.63. The van der Waals surface area contributed by atoms with Crippen LogP contribution in [-0.2, 0) is 4.74 Å². The van der Waals surface area contributed by atoms with Crippen molar-refractivity contribution >= 4 is 23.7 Å². The minimum Gasteiger partial charge on any atom is -0.462 e. The Morgan fingerprint density at radius 3 is 2.95 bits per heavy atom. The van der Waals surface area contributed by atoms with Crippen molar-refractivity contribution in [2.75, 3.05) is 18.2 Å². The van der Waals surface area contributed by atoms with Gasteiger partial charge in [0.25, 0.3) is 0 Å².